The molecule has 2 heterocycles. The molecule has 3 aromatic rings. The molecule has 104 valence electrons. The van der Waals surface area contributed by atoms with E-state index in [4.69, 9.17) is 9.63 Å². The third-order valence-electron chi connectivity index (χ3n) is 2.89. The van der Waals surface area contributed by atoms with Crippen molar-refractivity contribution in [3.63, 3.8) is 0 Å². The van der Waals surface area contributed by atoms with Crippen LogP contribution in [0.25, 0.3) is 11.5 Å². The Kier molecular flexibility index (Phi) is 3.42. The summed E-state index contributed by atoms with van der Waals surface area (Å²) in [5.41, 5.74) is 1.59. The lowest BCUT2D eigenvalue weighted by atomic mass is 10.1. The van der Waals surface area contributed by atoms with E-state index >= 15 is 0 Å². The van der Waals surface area contributed by atoms with Gasteiger partial charge in [-0.3, -0.25) is 4.98 Å². The highest BCUT2D eigenvalue weighted by Gasteiger charge is 2.12. The van der Waals surface area contributed by atoms with Gasteiger partial charge in [-0.25, -0.2) is 4.79 Å². The van der Waals surface area contributed by atoms with Crippen molar-refractivity contribution in [1.29, 1.82) is 0 Å². The summed E-state index contributed by atoms with van der Waals surface area (Å²) in [6, 6.07) is 12.0. The van der Waals surface area contributed by atoms with Crippen molar-refractivity contribution >= 4 is 5.97 Å². The molecule has 21 heavy (non-hydrogen) atoms. The van der Waals surface area contributed by atoms with Crippen LogP contribution >= 0.6 is 0 Å². The first-order chi connectivity index (χ1) is 10.2. The molecule has 6 heteroatoms. The Hall–Kier alpha value is -3.02. The lowest BCUT2D eigenvalue weighted by molar-refractivity contribution is 0.0697. The first kappa shape index (κ1) is 13.0. The molecule has 0 bridgehead atoms. The summed E-state index contributed by atoms with van der Waals surface area (Å²) in [7, 11) is 0. The normalized spacial score (nSPS) is 10.5. The first-order valence-corrected chi connectivity index (χ1v) is 6.28. The van der Waals surface area contributed by atoms with Gasteiger partial charge < -0.3 is 9.63 Å². The molecule has 3 rings (SSSR count). The molecule has 0 spiro atoms. The molecule has 0 saturated carbocycles. The number of carboxylic acids is 1. The Labute approximate surface area is 120 Å². The van der Waals surface area contributed by atoms with Crippen molar-refractivity contribution in [3.8, 4) is 11.5 Å². The number of pyridine rings is 1. The molecule has 0 amide bonds. The average molecular weight is 281 g/mol. The number of aromatic nitrogens is 3. The third kappa shape index (κ3) is 2.94. The van der Waals surface area contributed by atoms with Gasteiger partial charge in [0.05, 0.1) is 12.0 Å². The standard InChI is InChI=1S/C15H11N3O3/c19-15(20)11-5-3-4-10(8-11)14-17-13(18-21-14)9-12-6-1-2-7-16-12/h1-8H,9H2,(H,19,20). The molecule has 0 aliphatic heterocycles. The molecule has 0 radical (unpaired) electrons. The van der Waals surface area contributed by atoms with E-state index in [0.29, 0.717) is 23.7 Å². The van der Waals surface area contributed by atoms with Crippen molar-refractivity contribution in [3.05, 3.63) is 65.7 Å². The van der Waals surface area contributed by atoms with Crippen LogP contribution in [0.1, 0.15) is 21.9 Å². The van der Waals surface area contributed by atoms with Crippen molar-refractivity contribution in [2.24, 2.45) is 0 Å². The van der Waals surface area contributed by atoms with Gasteiger partial charge in [0.1, 0.15) is 0 Å². The van der Waals surface area contributed by atoms with Crippen LogP contribution in [0.4, 0.5) is 0 Å². The van der Waals surface area contributed by atoms with Gasteiger partial charge in [0, 0.05) is 17.5 Å². The van der Waals surface area contributed by atoms with Gasteiger partial charge in [-0.1, -0.05) is 17.3 Å². The smallest absolute Gasteiger partial charge is 0.335 e. The first-order valence-electron chi connectivity index (χ1n) is 6.28. The second-order valence-corrected chi connectivity index (χ2v) is 4.40. The number of nitrogens with zero attached hydrogens (tertiary/aromatic N) is 3. The maximum atomic E-state index is 11.0. The molecular formula is C15H11N3O3. The van der Waals surface area contributed by atoms with Crippen LogP contribution in [-0.2, 0) is 6.42 Å². The zero-order valence-corrected chi connectivity index (χ0v) is 10.9. The Morgan fingerprint density at radius 1 is 1.19 bits per heavy atom. The Bertz CT molecular complexity index is 769. The number of carbonyl (C=O) groups is 1. The Morgan fingerprint density at radius 3 is 2.86 bits per heavy atom. The molecule has 0 aliphatic rings. The summed E-state index contributed by atoms with van der Waals surface area (Å²) in [6.07, 6.45) is 2.16. The van der Waals surface area contributed by atoms with Crippen molar-refractivity contribution in [2.45, 2.75) is 6.42 Å². The van der Waals surface area contributed by atoms with Gasteiger partial charge in [0.2, 0.25) is 0 Å². The Morgan fingerprint density at radius 2 is 2.10 bits per heavy atom. The van der Waals surface area contributed by atoms with Gasteiger partial charge in [0.15, 0.2) is 5.82 Å². The van der Waals surface area contributed by atoms with E-state index in [1.807, 2.05) is 18.2 Å². The fourth-order valence-electron chi connectivity index (χ4n) is 1.89. The summed E-state index contributed by atoms with van der Waals surface area (Å²) in [4.78, 5) is 19.4. The van der Waals surface area contributed by atoms with E-state index in [1.165, 1.54) is 12.1 Å². The highest BCUT2D eigenvalue weighted by Crippen LogP contribution is 2.19. The zero-order chi connectivity index (χ0) is 14.7. The van der Waals surface area contributed by atoms with Crippen molar-refractivity contribution in [1.82, 2.24) is 15.1 Å². The molecule has 2 aromatic heterocycles. The number of hydrogen-bond donors (Lipinski definition) is 1. The van der Waals surface area contributed by atoms with Crippen molar-refractivity contribution < 1.29 is 14.4 Å². The molecule has 1 aromatic carbocycles. The second-order valence-electron chi connectivity index (χ2n) is 4.40. The molecule has 6 nitrogen and oxygen atoms in total. The Balaban J connectivity index is 1.85. The van der Waals surface area contributed by atoms with E-state index in [-0.39, 0.29) is 5.56 Å². The van der Waals surface area contributed by atoms with E-state index in [1.54, 1.807) is 18.3 Å². The van der Waals surface area contributed by atoms with Crippen LogP contribution in [0.3, 0.4) is 0 Å². The minimum atomic E-state index is -0.995. The molecule has 0 unspecified atom stereocenters. The van der Waals surface area contributed by atoms with Crippen LogP contribution in [-0.4, -0.2) is 26.2 Å². The molecule has 0 aliphatic carbocycles. The monoisotopic (exact) mass is 281 g/mol. The maximum absolute atomic E-state index is 11.0. The van der Waals surface area contributed by atoms with E-state index in [2.05, 4.69) is 15.1 Å². The topological polar surface area (TPSA) is 89.1 Å². The summed E-state index contributed by atoms with van der Waals surface area (Å²) in [6.45, 7) is 0. The van der Waals surface area contributed by atoms with Gasteiger partial charge >= 0.3 is 5.97 Å². The zero-order valence-electron chi connectivity index (χ0n) is 10.9. The van der Waals surface area contributed by atoms with Gasteiger partial charge in [-0.15, -0.1) is 0 Å². The SMILES string of the molecule is O=C(O)c1cccc(-c2nc(Cc3ccccn3)no2)c1. The van der Waals surface area contributed by atoms with Gasteiger partial charge in [-0.05, 0) is 30.3 Å². The fraction of sp³-hybridized carbons (Fsp3) is 0.0667. The molecule has 0 saturated heterocycles. The average Bonchev–Trinajstić information content (AvgIpc) is 2.97. The van der Waals surface area contributed by atoms with E-state index in [0.717, 1.165) is 5.69 Å². The summed E-state index contributed by atoms with van der Waals surface area (Å²) >= 11 is 0. The molecule has 0 fully saturated rings. The van der Waals surface area contributed by atoms with Crippen LogP contribution < -0.4 is 0 Å². The van der Waals surface area contributed by atoms with Crippen LogP contribution in [0.15, 0.2) is 53.2 Å². The highest BCUT2D eigenvalue weighted by atomic mass is 16.5. The number of aromatic carboxylic acids is 1. The number of benzene rings is 1. The lowest BCUT2D eigenvalue weighted by Crippen LogP contribution is -1.96. The summed E-state index contributed by atoms with van der Waals surface area (Å²) in [5.74, 6) is -0.196. The fourth-order valence-corrected chi connectivity index (χ4v) is 1.89. The second kappa shape index (κ2) is 5.54. The van der Waals surface area contributed by atoms with Crippen LogP contribution in [0.5, 0.6) is 0 Å². The lowest BCUT2D eigenvalue weighted by Gasteiger charge is -1.96. The minimum absolute atomic E-state index is 0.178. The third-order valence-corrected chi connectivity index (χ3v) is 2.89. The predicted octanol–water partition coefficient (Wildman–Crippen LogP) is 2.42. The number of hydrogen-bond acceptors (Lipinski definition) is 5. The quantitative estimate of drug-likeness (QED) is 0.790. The van der Waals surface area contributed by atoms with Crippen LogP contribution in [0, 0.1) is 0 Å². The molecule has 1 N–H and O–H groups in total. The van der Waals surface area contributed by atoms with Gasteiger partial charge in [-0.2, -0.15) is 4.98 Å². The molecule has 0 atom stereocenters. The summed E-state index contributed by atoms with van der Waals surface area (Å²) in [5, 5.41) is 12.9. The maximum Gasteiger partial charge on any atom is 0.335 e. The van der Waals surface area contributed by atoms with Crippen molar-refractivity contribution in [2.75, 3.05) is 0 Å². The molecular weight excluding hydrogens is 270 g/mol. The summed E-state index contributed by atoms with van der Waals surface area (Å²) < 4.78 is 5.18. The largest absolute Gasteiger partial charge is 0.478 e. The van der Waals surface area contributed by atoms with Gasteiger partial charge in [0.25, 0.3) is 5.89 Å². The number of rotatable bonds is 4. The number of carboxylic acid groups (broad SMARTS) is 1. The van der Waals surface area contributed by atoms with E-state index < -0.39 is 5.97 Å². The highest BCUT2D eigenvalue weighted by molar-refractivity contribution is 5.88. The minimum Gasteiger partial charge on any atom is -0.478 e. The van der Waals surface area contributed by atoms with E-state index in [9.17, 15) is 4.79 Å². The predicted molar refractivity (Wildman–Crippen MR) is 73.7 cm³/mol. The van der Waals surface area contributed by atoms with Crippen LogP contribution in [0.2, 0.25) is 0 Å².